The lowest BCUT2D eigenvalue weighted by Crippen LogP contribution is -2.07. The van der Waals surface area contributed by atoms with Crippen LogP contribution in [0, 0.1) is 0 Å². The monoisotopic (exact) mass is 387 g/mol. The zero-order valence-corrected chi connectivity index (χ0v) is 15.6. The van der Waals surface area contributed by atoms with Crippen LogP contribution >= 0.6 is 11.6 Å². The number of methoxy groups -OCH3 is 1. The molecule has 0 saturated carbocycles. The van der Waals surface area contributed by atoms with E-state index in [-0.39, 0.29) is 18.9 Å². The molecule has 140 valence electrons. The molecule has 1 aromatic heterocycles. The van der Waals surface area contributed by atoms with Gasteiger partial charge in [0.2, 0.25) is 0 Å². The van der Waals surface area contributed by atoms with Gasteiger partial charge in [0.25, 0.3) is 0 Å². The number of hydrogen-bond donors (Lipinski definition) is 1. The highest BCUT2D eigenvalue weighted by atomic mass is 35.5. The van der Waals surface area contributed by atoms with Gasteiger partial charge in [0.1, 0.15) is 12.3 Å². The van der Waals surface area contributed by atoms with Crippen molar-refractivity contribution in [1.29, 1.82) is 0 Å². The number of para-hydroxylation sites is 1. The molecule has 0 fully saturated rings. The SMILES string of the molecule is CCOC(=O)c1n[nH]nc1-c1cccc(OC)c1OCc1ccccc1Cl. The second kappa shape index (κ2) is 8.55. The first-order valence-electron chi connectivity index (χ1n) is 8.27. The number of hydrogen-bond acceptors (Lipinski definition) is 6. The lowest BCUT2D eigenvalue weighted by Gasteiger charge is -2.15. The first-order chi connectivity index (χ1) is 13.2. The van der Waals surface area contributed by atoms with Crippen LogP contribution in [-0.4, -0.2) is 35.1 Å². The molecule has 0 bridgehead atoms. The lowest BCUT2D eigenvalue weighted by atomic mass is 10.1. The van der Waals surface area contributed by atoms with Gasteiger partial charge in [-0.3, -0.25) is 0 Å². The van der Waals surface area contributed by atoms with Gasteiger partial charge in [-0.2, -0.15) is 10.3 Å². The van der Waals surface area contributed by atoms with Gasteiger partial charge in [0, 0.05) is 10.6 Å². The fraction of sp³-hybridized carbons (Fsp3) is 0.211. The molecular formula is C19H18ClN3O4. The van der Waals surface area contributed by atoms with E-state index in [0.29, 0.717) is 27.8 Å². The Labute approximate surface area is 161 Å². The van der Waals surface area contributed by atoms with Crippen molar-refractivity contribution in [2.45, 2.75) is 13.5 Å². The molecule has 0 unspecified atom stereocenters. The van der Waals surface area contributed by atoms with Crippen LogP contribution in [0.15, 0.2) is 42.5 Å². The molecule has 0 spiro atoms. The van der Waals surface area contributed by atoms with Gasteiger partial charge < -0.3 is 14.2 Å². The highest BCUT2D eigenvalue weighted by Gasteiger charge is 2.23. The standard InChI is InChI=1S/C19H18ClN3O4/c1-3-26-19(24)17-16(21-23-22-17)13-8-6-10-15(25-2)18(13)27-11-12-7-4-5-9-14(12)20/h4-10H,3,11H2,1-2H3,(H,21,22,23). The van der Waals surface area contributed by atoms with Gasteiger partial charge >= 0.3 is 5.97 Å². The summed E-state index contributed by atoms with van der Waals surface area (Å²) in [5.74, 6) is 0.359. The Morgan fingerprint density at radius 3 is 2.70 bits per heavy atom. The van der Waals surface area contributed by atoms with E-state index in [9.17, 15) is 4.79 Å². The third-order valence-electron chi connectivity index (χ3n) is 3.80. The van der Waals surface area contributed by atoms with E-state index < -0.39 is 5.97 Å². The fourth-order valence-corrected chi connectivity index (χ4v) is 2.73. The highest BCUT2D eigenvalue weighted by molar-refractivity contribution is 6.31. The summed E-state index contributed by atoms with van der Waals surface area (Å²) < 4.78 is 16.5. The Hall–Kier alpha value is -3.06. The predicted molar refractivity (Wildman–Crippen MR) is 100 cm³/mol. The van der Waals surface area contributed by atoms with E-state index in [0.717, 1.165) is 5.56 Å². The summed E-state index contributed by atoms with van der Waals surface area (Å²) in [4.78, 5) is 12.2. The first-order valence-corrected chi connectivity index (χ1v) is 8.65. The molecule has 0 saturated heterocycles. The summed E-state index contributed by atoms with van der Waals surface area (Å²) in [6.07, 6.45) is 0. The summed E-state index contributed by atoms with van der Waals surface area (Å²) in [6, 6.07) is 12.7. The van der Waals surface area contributed by atoms with Crippen LogP contribution in [0.4, 0.5) is 0 Å². The smallest absolute Gasteiger partial charge is 0.361 e. The lowest BCUT2D eigenvalue weighted by molar-refractivity contribution is 0.0520. The molecule has 27 heavy (non-hydrogen) atoms. The van der Waals surface area contributed by atoms with Crippen molar-refractivity contribution in [3.8, 4) is 22.8 Å². The summed E-state index contributed by atoms with van der Waals surface area (Å²) in [5, 5.41) is 11.1. The van der Waals surface area contributed by atoms with Crippen molar-refractivity contribution >= 4 is 17.6 Å². The Morgan fingerprint density at radius 1 is 1.15 bits per heavy atom. The van der Waals surface area contributed by atoms with Crippen molar-refractivity contribution in [3.63, 3.8) is 0 Å². The van der Waals surface area contributed by atoms with Gasteiger partial charge in [-0.15, -0.1) is 5.10 Å². The summed E-state index contributed by atoms with van der Waals surface area (Å²) in [5.41, 5.74) is 1.77. The number of nitrogens with one attached hydrogen (secondary N) is 1. The van der Waals surface area contributed by atoms with E-state index in [1.165, 1.54) is 7.11 Å². The van der Waals surface area contributed by atoms with Crippen molar-refractivity contribution in [3.05, 3.63) is 58.7 Å². The van der Waals surface area contributed by atoms with Crippen molar-refractivity contribution < 1.29 is 19.0 Å². The van der Waals surface area contributed by atoms with Crippen molar-refractivity contribution in [2.24, 2.45) is 0 Å². The molecule has 0 aliphatic carbocycles. The molecule has 0 amide bonds. The quantitative estimate of drug-likeness (QED) is 0.619. The van der Waals surface area contributed by atoms with Crippen LogP contribution in [0.1, 0.15) is 23.0 Å². The second-order valence-corrected chi connectivity index (χ2v) is 5.87. The molecule has 0 atom stereocenters. The highest BCUT2D eigenvalue weighted by Crippen LogP contribution is 2.39. The Kier molecular flexibility index (Phi) is 5.93. The predicted octanol–water partition coefficient (Wildman–Crippen LogP) is 3.89. The van der Waals surface area contributed by atoms with Crippen LogP contribution in [0.25, 0.3) is 11.3 Å². The normalized spacial score (nSPS) is 10.5. The van der Waals surface area contributed by atoms with E-state index in [2.05, 4.69) is 15.4 Å². The molecule has 0 aliphatic rings. The summed E-state index contributed by atoms with van der Waals surface area (Å²) in [6.45, 7) is 2.18. The Morgan fingerprint density at radius 2 is 1.96 bits per heavy atom. The molecule has 3 rings (SSSR count). The van der Waals surface area contributed by atoms with Crippen LogP contribution in [-0.2, 0) is 11.3 Å². The zero-order chi connectivity index (χ0) is 19.2. The van der Waals surface area contributed by atoms with Gasteiger partial charge in [0.15, 0.2) is 17.2 Å². The largest absolute Gasteiger partial charge is 0.493 e. The van der Waals surface area contributed by atoms with Crippen LogP contribution in [0.5, 0.6) is 11.5 Å². The number of esters is 1. The van der Waals surface area contributed by atoms with E-state index in [4.69, 9.17) is 25.8 Å². The molecule has 0 aliphatic heterocycles. The number of aromatic amines is 1. The Bertz CT molecular complexity index is 942. The number of aromatic nitrogens is 3. The number of rotatable bonds is 7. The third kappa shape index (κ3) is 4.03. The summed E-state index contributed by atoms with van der Waals surface area (Å²) >= 11 is 6.21. The van der Waals surface area contributed by atoms with E-state index in [1.54, 1.807) is 31.2 Å². The van der Waals surface area contributed by atoms with Crippen molar-refractivity contribution in [2.75, 3.05) is 13.7 Å². The van der Waals surface area contributed by atoms with Crippen LogP contribution in [0.3, 0.4) is 0 Å². The van der Waals surface area contributed by atoms with E-state index >= 15 is 0 Å². The van der Waals surface area contributed by atoms with Gasteiger partial charge in [-0.1, -0.05) is 35.9 Å². The maximum Gasteiger partial charge on any atom is 0.361 e. The number of ether oxygens (including phenoxy) is 3. The van der Waals surface area contributed by atoms with Gasteiger partial charge in [-0.05, 0) is 25.1 Å². The first kappa shape index (κ1) is 18.7. The molecule has 2 aromatic carbocycles. The zero-order valence-electron chi connectivity index (χ0n) is 14.9. The number of halogens is 1. The van der Waals surface area contributed by atoms with Gasteiger partial charge in [0.05, 0.1) is 19.3 Å². The van der Waals surface area contributed by atoms with Crippen LogP contribution < -0.4 is 9.47 Å². The second-order valence-electron chi connectivity index (χ2n) is 5.46. The average Bonchev–Trinajstić information content (AvgIpc) is 3.17. The number of carbonyl (C=O) groups excluding carboxylic acids is 1. The molecular weight excluding hydrogens is 370 g/mol. The number of carbonyl (C=O) groups is 1. The van der Waals surface area contributed by atoms with Crippen molar-refractivity contribution in [1.82, 2.24) is 15.4 Å². The topological polar surface area (TPSA) is 86.3 Å². The molecule has 1 N–H and O–H groups in total. The third-order valence-corrected chi connectivity index (χ3v) is 4.17. The minimum absolute atomic E-state index is 0.0766. The molecule has 1 heterocycles. The maximum absolute atomic E-state index is 12.2. The molecule has 0 radical (unpaired) electrons. The fourth-order valence-electron chi connectivity index (χ4n) is 2.54. The maximum atomic E-state index is 12.2. The molecule has 8 heteroatoms. The average molecular weight is 388 g/mol. The van der Waals surface area contributed by atoms with Crippen LogP contribution in [0.2, 0.25) is 5.02 Å². The minimum atomic E-state index is -0.568. The Balaban J connectivity index is 1.99. The van der Waals surface area contributed by atoms with Gasteiger partial charge in [-0.25, -0.2) is 4.79 Å². The number of H-pyrrole nitrogens is 1. The minimum Gasteiger partial charge on any atom is -0.493 e. The molecule has 3 aromatic rings. The number of nitrogens with zero attached hydrogens (tertiary/aromatic N) is 2. The molecule has 7 nitrogen and oxygen atoms in total. The van der Waals surface area contributed by atoms with E-state index in [1.807, 2.05) is 18.2 Å². The number of benzene rings is 2. The summed E-state index contributed by atoms with van der Waals surface area (Å²) in [7, 11) is 1.54.